The summed E-state index contributed by atoms with van der Waals surface area (Å²) in [7, 11) is 0. The van der Waals surface area contributed by atoms with Crippen LogP contribution in [0.25, 0.3) is 11.0 Å². The summed E-state index contributed by atoms with van der Waals surface area (Å²) in [6, 6.07) is 7.70. The molecule has 1 aromatic heterocycles. The molecule has 0 radical (unpaired) electrons. The van der Waals surface area contributed by atoms with Gasteiger partial charge in [-0.1, -0.05) is 12.1 Å². The second-order valence-electron chi connectivity index (χ2n) is 3.88. The predicted octanol–water partition coefficient (Wildman–Crippen LogP) is 1.91. The van der Waals surface area contributed by atoms with Gasteiger partial charge in [0, 0.05) is 13.0 Å². The fourth-order valence-electron chi connectivity index (χ4n) is 1.94. The summed E-state index contributed by atoms with van der Waals surface area (Å²) in [5, 5.41) is -0.110. The molecule has 1 aliphatic heterocycles. The van der Waals surface area contributed by atoms with Crippen LogP contribution in [-0.2, 0) is 4.79 Å². The van der Waals surface area contributed by atoms with Crippen LogP contribution in [0.2, 0.25) is 0 Å². The van der Waals surface area contributed by atoms with E-state index in [1.54, 1.807) is 4.90 Å². The van der Waals surface area contributed by atoms with Gasteiger partial charge in [-0.15, -0.1) is 11.6 Å². The van der Waals surface area contributed by atoms with Crippen LogP contribution < -0.4 is 4.90 Å². The average molecular weight is 236 g/mol. The van der Waals surface area contributed by atoms with Crippen molar-refractivity contribution in [2.45, 2.75) is 11.8 Å². The van der Waals surface area contributed by atoms with Gasteiger partial charge >= 0.3 is 0 Å². The Kier molecular flexibility index (Phi) is 2.11. The Labute approximate surface area is 97.2 Å². The molecule has 1 atom stereocenters. The van der Waals surface area contributed by atoms with Gasteiger partial charge in [-0.3, -0.25) is 9.69 Å². The largest absolute Gasteiger partial charge is 0.324 e. The molecule has 82 valence electrons. The predicted molar refractivity (Wildman–Crippen MR) is 62.7 cm³/mol. The molecule has 0 bridgehead atoms. The van der Waals surface area contributed by atoms with Crippen LogP contribution in [0.5, 0.6) is 0 Å². The highest BCUT2D eigenvalue weighted by Gasteiger charge is 2.30. The van der Waals surface area contributed by atoms with Crippen molar-refractivity contribution in [1.82, 2.24) is 9.97 Å². The van der Waals surface area contributed by atoms with Crippen molar-refractivity contribution in [3.63, 3.8) is 0 Å². The van der Waals surface area contributed by atoms with E-state index in [9.17, 15) is 4.79 Å². The minimum absolute atomic E-state index is 0.0269. The van der Waals surface area contributed by atoms with Gasteiger partial charge in [0.1, 0.15) is 0 Å². The normalized spacial score (nSPS) is 20.9. The number of anilines is 1. The molecule has 0 saturated carbocycles. The standard InChI is InChI=1S/C11H10ClN3O/c12-7-5-10(16)15(6-7)11-13-8-3-1-2-4-9(8)14-11/h1-4,7H,5-6H2,(H,13,14). The number of nitrogens with one attached hydrogen (secondary N) is 1. The molecule has 16 heavy (non-hydrogen) atoms. The number of aromatic amines is 1. The first-order chi connectivity index (χ1) is 7.74. The average Bonchev–Trinajstić information content (AvgIpc) is 2.81. The molecule has 0 spiro atoms. The van der Waals surface area contributed by atoms with Crippen LogP contribution in [-0.4, -0.2) is 27.8 Å². The van der Waals surface area contributed by atoms with Crippen molar-refractivity contribution in [2.75, 3.05) is 11.4 Å². The molecule has 1 N–H and O–H groups in total. The smallest absolute Gasteiger partial charge is 0.230 e. The molecule has 4 nitrogen and oxygen atoms in total. The van der Waals surface area contributed by atoms with Crippen molar-refractivity contribution in [2.24, 2.45) is 0 Å². The summed E-state index contributed by atoms with van der Waals surface area (Å²) in [6.45, 7) is 0.528. The number of halogens is 1. The van der Waals surface area contributed by atoms with Crippen molar-refractivity contribution < 1.29 is 4.79 Å². The number of para-hydroxylation sites is 2. The first-order valence-electron chi connectivity index (χ1n) is 5.13. The van der Waals surface area contributed by atoms with Gasteiger partial charge in [-0.25, -0.2) is 4.98 Å². The van der Waals surface area contributed by atoms with Gasteiger partial charge in [0.2, 0.25) is 11.9 Å². The van der Waals surface area contributed by atoms with E-state index in [1.807, 2.05) is 24.3 Å². The quantitative estimate of drug-likeness (QED) is 0.768. The SMILES string of the molecule is O=C1CC(Cl)CN1c1nc2ccccc2[nH]1. The van der Waals surface area contributed by atoms with Gasteiger partial charge in [-0.2, -0.15) is 0 Å². The van der Waals surface area contributed by atoms with Crippen molar-refractivity contribution >= 4 is 34.5 Å². The number of amides is 1. The molecule has 1 fully saturated rings. The maximum atomic E-state index is 11.6. The number of fused-ring (bicyclic) bond motifs is 1. The Hall–Kier alpha value is -1.55. The number of aromatic nitrogens is 2. The number of carbonyl (C=O) groups is 1. The summed E-state index contributed by atoms with van der Waals surface area (Å²) >= 11 is 5.95. The Bertz CT molecular complexity index is 518. The number of hydrogen-bond acceptors (Lipinski definition) is 2. The lowest BCUT2D eigenvalue weighted by Crippen LogP contribution is -2.25. The van der Waals surface area contributed by atoms with Crippen molar-refractivity contribution in [1.29, 1.82) is 0 Å². The summed E-state index contributed by atoms with van der Waals surface area (Å²) in [5.74, 6) is 0.619. The lowest BCUT2D eigenvalue weighted by atomic mass is 10.3. The van der Waals surface area contributed by atoms with Crippen molar-refractivity contribution in [3.05, 3.63) is 24.3 Å². The van der Waals surface area contributed by atoms with Crippen LogP contribution >= 0.6 is 11.6 Å². The molecule has 1 aromatic carbocycles. The van der Waals surface area contributed by atoms with E-state index in [-0.39, 0.29) is 11.3 Å². The third-order valence-corrected chi connectivity index (χ3v) is 3.00. The minimum Gasteiger partial charge on any atom is -0.324 e. The molecule has 1 saturated heterocycles. The summed E-state index contributed by atoms with van der Waals surface area (Å²) in [5.41, 5.74) is 1.80. The first-order valence-corrected chi connectivity index (χ1v) is 5.57. The third kappa shape index (κ3) is 1.46. The lowest BCUT2D eigenvalue weighted by Gasteiger charge is -2.10. The molecule has 2 heterocycles. The van der Waals surface area contributed by atoms with Gasteiger partial charge < -0.3 is 4.98 Å². The molecule has 1 unspecified atom stereocenters. The highest BCUT2D eigenvalue weighted by Crippen LogP contribution is 2.23. The molecule has 2 aromatic rings. The lowest BCUT2D eigenvalue weighted by molar-refractivity contribution is -0.117. The fraction of sp³-hybridized carbons (Fsp3) is 0.273. The zero-order valence-electron chi connectivity index (χ0n) is 8.48. The highest BCUT2D eigenvalue weighted by molar-refractivity contribution is 6.24. The molecule has 5 heteroatoms. The maximum absolute atomic E-state index is 11.6. The second kappa shape index (κ2) is 3.49. The van der Waals surface area contributed by atoms with E-state index < -0.39 is 0 Å². The molecule has 0 aliphatic carbocycles. The van der Waals surface area contributed by atoms with E-state index in [0.29, 0.717) is 18.9 Å². The number of nitrogens with zero attached hydrogens (tertiary/aromatic N) is 2. The number of carbonyl (C=O) groups excluding carboxylic acids is 1. The number of imidazole rings is 1. The zero-order valence-corrected chi connectivity index (χ0v) is 9.24. The molecule has 3 rings (SSSR count). The van der Waals surface area contributed by atoms with Gasteiger partial charge in [-0.05, 0) is 12.1 Å². The Morgan fingerprint density at radius 3 is 2.94 bits per heavy atom. The minimum atomic E-state index is -0.110. The van der Waals surface area contributed by atoms with Gasteiger partial charge in [0.25, 0.3) is 0 Å². The van der Waals surface area contributed by atoms with Crippen LogP contribution in [0, 0.1) is 0 Å². The Morgan fingerprint density at radius 1 is 1.44 bits per heavy atom. The number of hydrogen-bond donors (Lipinski definition) is 1. The molecule has 1 amide bonds. The van der Waals surface area contributed by atoms with Crippen LogP contribution in [0.4, 0.5) is 5.95 Å². The number of rotatable bonds is 1. The van der Waals surface area contributed by atoms with Crippen LogP contribution in [0.15, 0.2) is 24.3 Å². The summed E-state index contributed by atoms with van der Waals surface area (Å²) in [4.78, 5) is 20.7. The van der Waals surface area contributed by atoms with Crippen molar-refractivity contribution in [3.8, 4) is 0 Å². The maximum Gasteiger partial charge on any atom is 0.230 e. The van der Waals surface area contributed by atoms with E-state index in [4.69, 9.17) is 11.6 Å². The number of H-pyrrole nitrogens is 1. The molecular weight excluding hydrogens is 226 g/mol. The fourth-order valence-corrected chi connectivity index (χ4v) is 2.21. The molecule has 1 aliphatic rings. The van der Waals surface area contributed by atoms with E-state index in [1.165, 1.54) is 0 Å². The highest BCUT2D eigenvalue weighted by atomic mass is 35.5. The summed E-state index contributed by atoms with van der Waals surface area (Å²) < 4.78 is 0. The topological polar surface area (TPSA) is 49.0 Å². The van der Waals surface area contributed by atoms with Gasteiger partial charge in [0.15, 0.2) is 0 Å². The van der Waals surface area contributed by atoms with Gasteiger partial charge in [0.05, 0.1) is 16.4 Å². The number of benzene rings is 1. The van der Waals surface area contributed by atoms with Crippen LogP contribution in [0.1, 0.15) is 6.42 Å². The summed E-state index contributed by atoms with van der Waals surface area (Å²) in [6.07, 6.45) is 0.388. The number of alkyl halides is 1. The first kappa shape index (κ1) is 9.66. The Morgan fingerprint density at radius 2 is 2.25 bits per heavy atom. The van der Waals surface area contributed by atoms with E-state index in [0.717, 1.165) is 11.0 Å². The third-order valence-electron chi connectivity index (χ3n) is 2.71. The molecular formula is C11H10ClN3O. The van der Waals surface area contributed by atoms with E-state index in [2.05, 4.69) is 9.97 Å². The van der Waals surface area contributed by atoms with Crippen LogP contribution in [0.3, 0.4) is 0 Å². The Balaban J connectivity index is 2.03. The van der Waals surface area contributed by atoms with E-state index >= 15 is 0 Å². The zero-order chi connectivity index (χ0) is 11.1. The second-order valence-corrected chi connectivity index (χ2v) is 4.50. The monoisotopic (exact) mass is 235 g/mol.